The standard InChI is InChI=1S/C19H17BrN2O/c20-16-5-4-8-18(13-16)21-10-9-15(14-21)19-22(11-12-23-19)17-6-2-1-3-7-17/h1-10,13-14,19H,11-12H2. The minimum absolute atomic E-state index is 0.0224. The van der Waals surface area contributed by atoms with Crippen molar-refractivity contribution in [2.24, 2.45) is 0 Å². The summed E-state index contributed by atoms with van der Waals surface area (Å²) in [5.41, 5.74) is 3.51. The second-order valence-corrected chi connectivity index (χ2v) is 6.50. The van der Waals surface area contributed by atoms with Crippen molar-refractivity contribution in [3.63, 3.8) is 0 Å². The Morgan fingerprint density at radius 1 is 0.957 bits per heavy atom. The smallest absolute Gasteiger partial charge is 0.158 e. The largest absolute Gasteiger partial charge is 0.352 e. The molecule has 0 spiro atoms. The molecule has 0 amide bonds. The molecule has 4 heteroatoms. The number of halogens is 1. The van der Waals surface area contributed by atoms with Crippen LogP contribution in [0.15, 0.2) is 77.5 Å². The van der Waals surface area contributed by atoms with Gasteiger partial charge in [-0.05, 0) is 36.4 Å². The number of rotatable bonds is 3. The first kappa shape index (κ1) is 14.5. The number of anilines is 1. The molecule has 1 saturated heterocycles. The Morgan fingerprint density at radius 2 is 1.78 bits per heavy atom. The topological polar surface area (TPSA) is 17.4 Å². The van der Waals surface area contributed by atoms with E-state index < -0.39 is 0 Å². The molecule has 1 aromatic heterocycles. The Kier molecular flexibility index (Phi) is 3.93. The first-order valence-corrected chi connectivity index (χ1v) is 8.48. The van der Waals surface area contributed by atoms with Gasteiger partial charge in [-0.15, -0.1) is 0 Å². The molecule has 4 rings (SSSR count). The van der Waals surface area contributed by atoms with Crippen molar-refractivity contribution in [1.29, 1.82) is 0 Å². The molecule has 0 saturated carbocycles. The van der Waals surface area contributed by atoms with Crippen LogP contribution in [-0.2, 0) is 4.74 Å². The van der Waals surface area contributed by atoms with Crippen LogP contribution in [0.4, 0.5) is 5.69 Å². The fourth-order valence-electron chi connectivity index (χ4n) is 2.99. The predicted molar refractivity (Wildman–Crippen MR) is 96.0 cm³/mol. The summed E-state index contributed by atoms with van der Waals surface area (Å²) in [4.78, 5) is 2.31. The Bertz CT molecular complexity index is 800. The molecule has 2 heterocycles. The van der Waals surface area contributed by atoms with Crippen LogP contribution in [0.3, 0.4) is 0 Å². The van der Waals surface area contributed by atoms with E-state index in [1.54, 1.807) is 0 Å². The first-order chi connectivity index (χ1) is 11.3. The van der Waals surface area contributed by atoms with E-state index in [9.17, 15) is 0 Å². The summed E-state index contributed by atoms with van der Waals surface area (Å²) in [6.07, 6.45) is 4.21. The maximum atomic E-state index is 5.98. The Balaban J connectivity index is 1.63. The fraction of sp³-hybridized carbons (Fsp3) is 0.158. The summed E-state index contributed by atoms with van der Waals surface area (Å²) in [5.74, 6) is 0. The zero-order chi connectivity index (χ0) is 15.6. The minimum Gasteiger partial charge on any atom is -0.352 e. The zero-order valence-corrected chi connectivity index (χ0v) is 14.2. The molecular weight excluding hydrogens is 352 g/mol. The van der Waals surface area contributed by atoms with Crippen molar-refractivity contribution in [2.75, 3.05) is 18.1 Å². The summed E-state index contributed by atoms with van der Waals surface area (Å²) in [5, 5.41) is 0. The van der Waals surface area contributed by atoms with E-state index in [2.05, 4.69) is 80.3 Å². The van der Waals surface area contributed by atoms with Crippen LogP contribution in [0.25, 0.3) is 5.69 Å². The number of nitrogens with zero attached hydrogens (tertiary/aromatic N) is 2. The minimum atomic E-state index is -0.0224. The summed E-state index contributed by atoms with van der Waals surface area (Å²) < 4.78 is 9.19. The highest BCUT2D eigenvalue weighted by Crippen LogP contribution is 2.32. The maximum absolute atomic E-state index is 5.98. The highest BCUT2D eigenvalue weighted by molar-refractivity contribution is 9.10. The monoisotopic (exact) mass is 368 g/mol. The molecule has 0 bridgehead atoms. The zero-order valence-electron chi connectivity index (χ0n) is 12.6. The Hall–Kier alpha value is -2.04. The fourth-order valence-corrected chi connectivity index (χ4v) is 3.37. The van der Waals surface area contributed by atoms with Crippen molar-refractivity contribution in [3.05, 3.63) is 83.1 Å². The van der Waals surface area contributed by atoms with Crippen molar-refractivity contribution in [2.45, 2.75) is 6.23 Å². The van der Waals surface area contributed by atoms with Crippen LogP contribution in [0, 0.1) is 0 Å². The molecule has 0 N–H and O–H groups in total. The number of para-hydroxylation sites is 1. The summed E-state index contributed by atoms with van der Waals surface area (Å²) in [6.45, 7) is 1.67. The molecule has 2 aromatic carbocycles. The lowest BCUT2D eigenvalue weighted by Gasteiger charge is -2.24. The molecule has 1 atom stereocenters. The number of hydrogen-bond acceptors (Lipinski definition) is 2. The number of hydrogen-bond donors (Lipinski definition) is 0. The number of ether oxygens (including phenoxy) is 1. The summed E-state index contributed by atoms with van der Waals surface area (Å²) >= 11 is 3.53. The lowest BCUT2D eigenvalue weighted by Crippen LogP contribution is -2.22. The molecule has 0 radical (unpaired) electrons. The lowest BCUT2D eigenvalue weighted by atomic mass is 10.2. The molecule has 116 valence electrons. The highest BCUT2D eigenvalue weighted by atomic mass is 79.9. The van der Waals surface area contributed by atoms with E-state index in [1.165, 1.54) is 11.3 Å². The van der Waals surface area contributed by atoms with Gasteiger partial charge in [0.05, 0.1) is 6.61 Å². The second-order valence-electron chi connectivity index (χ2n) is 5.58. The van der Waals surface area contributed by atoms with E-state index in [1.807, 2.05) is 18.2 Å². The van der Waals surface area contributed by atoms with E-state index in [0.29, 0.717) is 0 Å². The number of benzene rings is 2. The van der Waals surface area contributed by atoms with Crippen LogP contribution >= 0.6 is 15.9 Å². The first-order valence-electron chi connectivity index (χ1n) is 7.68. The van der Waals surface area contributed by atoms with Crippen molar-refractivity contribution < 1.29 is 4.74 Å². The van der Waals surface area contributed by atoms with Gasteiger partial charge in [0.1, 0.15) is 0 Å². The molecule has 23 heavy (non-hydrogen) atoms. The predicted octanol–water partition coefficient (Wildman–Crippen LogP) is 4.78. The van der Waals surface area contributed by atoms with Gasteiger partial charge in [0, 0.05) is 40.3 Å². The van der Waals surface area contributed by atoms with E-state index in [0.717, 1.165) is 23.3 Å². The van der Waals surface area contributed by atoms with Gasteiger partial charge in [0.25, 0.3) is 0 Å². The van der Waals surface area contributed by atoms with Crippen molar-refractivity contribution in [1.82, 2.24) is 4.57 Å². The van der Waals surface area contributed by atoms with Crippen molar-refractivity contribution >= 4 is 21.6 Å². The van der Waals surface area contributed by atoms with E-state index in [-0.39, 0.29) is 6.23 Å². The van der Waals surface area contributed by atoms with E-state index >= 15 is 0 Å². The normalized spacial score (nSPS) is 17.6. The summed E-state index contributed by atoms with van der Waals surface area (Å²) in [6, 6.07) is 20.8. The maximum Gasteiger partial charge on any atom is 0.158 e. The molecule has 1 aliphatic rings. The molecule has 1 fully saturated rings. The van der Waals surface area contributed by atoms with Gasteiger partial charge in [-0.2, -0.15) is 0 Å². The van der Waals surface area contributed by atoms with Gasteiger partial charge in [-0.3, -0.25) is 0 Å². The molecule has 1 aliphatic heterocycles. The van der Waals surface area contributed by atoms with Crippen LogP contribution in [-0.4, -0.2) is 17.7 Å². The second kappa shape index (κ2) is 6.22. The third kappa shape index (κ3) is 2.92. The van der Waals surface area contributed by atoms with Gasteiger partial charge in [0.2, 0.25) is 0 Å². The lowest BCUT2D eigenvalue weighted by molar-refractivity contribution is 0.114. The van der Waals surface area contributed by atoms with Gasteiger partial charge in [-0.25, -0.2) is 0 Å². The Labute approximate surface area is 144 Å². The summed E-state index contributed by atoms with van der Waals surface area (Å²) in [7, 11) is 0. The quantitative estimate of drug-likeness (QED) is 0.661. The SMILES string of the molecule is Brc1cccc(-n2ccc(C3OCCN3c3ccccc3)c2)c1. The van der Waals surface area contributed by atoms with Gasteiger partial charge < -0.3 is 14.2 Å². The van der Waals surface area contributed by atoms with Crippen LogP contribution < -0.4 is 4.90 Å². The van der Waals surface area contributed by atoms with E-state index in [4.69, 9.17) is 4.74 Å². The average molecular weight is 369 g/mol. The van der Waals surface area contributed by atoms with Crippen LogP contribution in [0.2, 0.25) is 0 Å². The molecule has 3 nitrogen and oxygen atoms in total. The third-order valence-corrected chi connectivity index (χ3v) is 4.58. The average Bonchev–Trinajstić information content (AvgIpc) is 3.25. The molecule has 0 aliphatic carbocycles. The molecule has 3 aromatic rings. The van der Waals surface area contributed by atoms with Gasteiger partial charge in [0.15, 0.2) is 6.23 Å². The Morgan fingerprint density at radius 3 is 2.61 bits per heavy atom. The van der Waals surface area contributed by atoms with Crippen LogP contribution in [0.5, 0.6) is 0 Å². The number of aromatic nitrogens is 1. The van der Waals surface area contributed by atoms with Crippen LogP contribution in [0.1, 0.15) is 11.8 Å². The van der Waals surface area contributed by atoms with Gasteiger partial charge in [-0.1, -0.05) is 40.2 Å². The van der Waals surface area contributed by atoms with Gasteiger partial charge >= 0.3 is 0 Å². The molecule has 1 unspecified atom stereocenters. The van der Waals surface area contributed by atoms with Crippen molar-refractivity contribution in [3.8, 4) is 5.69 Å². The highest BCUT2D eigenvalue weighted by Gasteiger charge is 2.27. The molecular formula is C19H17BrN2O. The third-order valence-electron chi connectivity index (χ3n) is 4.09.